The molecule has 82 valence electrons. The van der Waals surface area contributed by atoms with Crippen molar-refractivity contribution in [3.63, 3.8) is 0 Å². The van der Waals surface area contributed by atoms with Crippen LogP contribution in [0.1, 0.15) is 13.3 Å². The Kier molecular flexibility index (Phi) is 3.38. The van der Waals surface area contributed by atoms with Crippen LogP contribution in [-0.4, -0.2) is 29.2 Å². The van der Waals surface area contributed by atoms with Crippen LogP contribution in [0.15, 0.2) is 12.4 Å². The van der Waals surface area contributed by atoms with Gasteiger partial charge in [0.25, 0.3) is 0 Å². The van der Waals surface area contributed by atoms with E-state index in [-0.39, 0.29) is 0 Å². The van der Waals surface area contributed by atoms with Crippen LogP contribution in [0.2, 0.25) is 5.15 Å². The quantitative estimate of drug-likeness (QED) is 0.858. The third-order valence-electron chi connectivity index (χ3n) is 2.65. The summed E-state index contributed by atoms with van der Waals surface area (Å²) in [4.78, 5) is 8.11. The molecular formula is C10H14ClN3O. The van der Waals surface area contributed by atoms with Gasteiger partial charge in [0.15, 0.2) is 0 Å². The van der Waals surface area contributed by atoms with Crippen molar-refractivity contribution in [2.24, 2.45) is 5.92 Å². The lowest BCUT2D eigenvalue weighted by Gasteiger charge is -2.19. The first-order valence-electron chi connectivity index (χ1n) is 5.07. The highest BCUT2D eigenvalue weighted by Crippen LogP contribution is 2.19. The zero-order valence-corrected chi connectivity index (χ0v) is 9.37. The fraction of sp³-hybridized carbons (Fsp3) is 0.600. The number of nitrogens with zero attached hydrogens (tertiary/aromatic N) is 2. The molecule has 0 bridgehead atoms. The fourth-order valence-electron chi connectivity index (χ4n) is 1.71. The van der Waals surface area contributed by atoms with Gasteiger partial charge in [-0.25, -0.2) is 4.98 Å². The van der Waals surface area contributed by atoms with E-state index < -0.39 is 0 Å². The topological polar surface area (TPSA) is 47.0 Å². The van der Waals surface area contributed by atoms with E-state index in [0.29, 0.717) is 17.1 Å². The van der Waals surface area contributed by atoms with Crippen LogP contribution in [0.25, 0.3) is 0 Å². The van der Waals surface area contributed by atoms with Crippen molar-refractivity contribution in [1.82, 2.24) is 9.97 Å². The number of ether oxygens (including phenoxy) is 1. The highest BCUT2D eigenvalue weighted by atomic mass is 35.5. The second-order valence-corrected chi connectivity index (χ2v) is 4.17. The van der Waals surface area contributed by atoms with Crippen LogP contribution in [-0.2, 0) is 4.74 Å². The van der Waals surface area contributed by atoms with Crippen molar-refractivity contribution in [3.05, 3.63) is 17.5 Å². The summed E-state index contributed by atoms with van der Waals surface area (Å²) in [7, 11) is 0. The largest absolute Gasteiger partial charge is 0.381 e. The molecule has 15 heavy (non-hydrogen) atoms. The molecule has 0 aromatic carbocycles. The highest BCUT2D eigenvalue weighted by molar-refractivity contribution is 6.29. The molecule has 4 nitrogen and oxygen atoms in total. The maximum Gasteiger partial charge on any atom is 0.149 e. The van der Waals surface area contributed by atoms with Crippen molar-refractivity contribution in [2.45, 2.75) is 19.4 Å². The molecule has 2 unspecified atom stereocenters. The van der Waals surface area contributed by atoms with Crippen LogP contribution in [0.3, 0.4) is 0 Å². The summed E-state index contributed by atoms with van der Waals surface area (Å²) in [5.74, 6) is 1.27. The number of halogens is 1. The number of hydrogen-bond acceptors (Lipinski definition) is 4. The predicted molar refractivity (Wildman–Crippen MR) is 59.1 cm³/mol. The van der Waals surface area contributed by atoms with Crippen molar-refractivity contribution in [1.29, 1.82) is 0 Å². The van der Waals surface area contributed by atoms with Gasteiger partial charge in [0.2, 0.25) is 0 Å². The highest BCUT2D eigenvalue weighted by Gasteiger charge is 2.22. The normalized spacial score (nSPS) is 22.7. The van der Waals surface area contributed by atoms with Gasteiger partial charge in [0.1, 0.15) is 11.0 Å². The zero-order valence-electron chi connectivity index (χ0n) is 8.61. The molecule has 2 rings (SSSR count). The molecule has 5 heteroatoms. The van der Waals surface area contributed by atoms with Gasteiger partial charge >= 0.3 is 0 Å². The first-order chi connectivity index (χ1) is 7.25. The fourth-order valence-corrected chi connectivity index (χ4v) is 1.86. The zero-order chi connectivity index (χ0) is 10.7. The number of rotatable bonds is 3. The van der Waals surface area contributed by atoms with Crippen LogP contribution < -0.4 is 5.32 Å². The Bertz CT molecular complexity index is 328. The molecule has 0 saturated carbocycles. The maximum atomic E-state index is 5.75. The van der Waals surface area contributed by atoms with Crippen LogP contribution in [0, 0.1) is 5.92 Å². The summed E-state index contributed by atoms with van der Waals surface area (Å²) in [6.07, 6.45) is 4.30. The summed E-state index contributed by atoms with van der Waals surface area (Å²) in [6, 6.07) is 0.334. The summed E-state index contributed by atoms with van der Waals surface area (Å²) >= 11 is 5.75. The average molecular weight is 228 g/mol. The van der Waals surface area contributed by atoms with E-state index in [4.69, 9.17) is 16.3 Å². The molecule has 1 saturated heterocycles. The Morgan fingerprint density at radius 1 is 1.60 bits per heavy atom. The molecule has 0 radical (unpaired) electrons. The number of anilines is 1. The molecular weight excluding hydrogens is 214 g/mol. The minimum atomic E-state index is 0.334. The summed E-state index contributed by atoms with van der Waals surface area (Å²) in [5, 5.41) is 3.70. The number of aromatic nitrogens is 2. The average Bonchev–Trinajstić information content (AvgIpc) is 2.70. The molecule has 1 fully saturated rings. The van der Waals surface area contributed by atoms with Crippen molar-refractivity contribution in [2.75, 3.05) is 18.5 Å². The lowest BCUT2D eigenvalue weighted by atomic mass is 10.0. The molecule has 1 aromatic heterocycles. The predicted octanol–water partition coefficient (Wildman–Crippen LogP) is 1.97. The maximum absolute atomic E-state index is 5.75. The lowest BCUT2D eigenvalue weighted by Crippen LogP contribution is -2.26. The monoisotopic (exact) mass is 227 g/mol. The van der Waals surface area contributed by atoms with E-state index in [1.165, 1.54) is 6.20 Å². The van der Waals surface area contributed by atoms with Gasteiger partial charge < -0.3 is 10.1 Å². The van der Waals surface area contributed by atoms with E-state index in [2.05, 4.69) is 22.2 Å². The molecule has 2 atom stereocenters. The Morgan fingerprint density at radius 3 is 3.13 bits per heavy atom. The van der Waals surface area contributed by atoms with Gasteiger partial charge in [-0.2, -0.15) is 0 Å². The van der Waals surface area contributed by atoms with Gasteiger partial charge in [-0.1, -0.05) is 11.6 Å². The molecule has 0 aliphatic carbocycles. The van der Waals surface area contributed by atoms with E-state index in [1.807, 2.05) is 0 Å². The van der Waals surface area contributed by atoms with Gasteiger partial charge in [0.05, 0.1) is 19.0 Å². The SMILES string of the molecule is CC(Nc1cncc(Cl)n1)C1CCOC1. The molecule has 1 aliphatic heterocycles. The molecule has 2 heterocycles. The van der Waals surface area contributed by atoms with Gasteiger partial charge in [-0.15, -0.1) is 0 Å². The minimum Gasteiger partial charge on any atom is -0.381 e. The standard InChI is InChI=1S/C10H14ClN3O/c1-7(8-2-3-15-6-8)13-10-5-12-4-9(11)14-10/h4-5,7-8H,2-3,6H2,1H3,(H,13,14). The van der Waals surface area contributed by atoms with E-state index in [1.54, 1.807) is 6.20 Å². The lowest BCUT2D eigenvalue weighted by molar-refractivity contribution is 0.183. The van der Waals surface area contributed by atoms with Crippen molar-refractivity contribution in [3.8, 4) is 0 Å². The van der Waals surface area contributed by atoms with Crippen molar-refractivity contribution < 1.29 is 4.74 Å². The molecule has 1 aromatic rings. The van der Waals surface area contributed by atoms with Gasteiger partial charge in [-0.05, 0) is 13.3 Å². The third kappa shape index (κ3) is 2.79. The molecule has 0 amide bonds. The minimum absolute atomic E-state index is 0.334. The summed E-state index contributed by atoms with van der Waals surface area (Å²) in [6.45, 7) is 3.81. The van der Waals surface area contributed by atoms with E-state index in [0.717, 1.165) is 25.5 Å². The van der Waals surface area contributed by atoms with Crippen LogP contribution in [0.4, 0.5) is 5.82 Å². The summed E-state index contributed by atoms with van der Waals surface area (Å²) < 4.78 is 5.34. The first kappa shape index (κ1) is 10.6. The van der Waals surface area contributed by atoms with Gasteiger partial charge in [-0.3, -0.25) is 4.98 Å². The molecule has 0 spiro atoms. The molecule has 1 N–H and O–H groups in total. The number of hydrogen-bond donors (Lipinski definition) is 1. The Morgan fingerprint density at radius 2 is 2.47 bits per heavy atom. The van der Waals surface area contributed by atoms with Gasteiger partial charge in [0, 0.05) is 18.6 Å². The van der Waals surface area contributed by atoms with Crippen LogP contribution >= 0.6 is 11.6 Å². The van der Waals surface area contributed by atoms with Crippen LogP contribution in [0.5, 0.6) is 0 Å². The molecule has 1 aliphatic rings. The van der Waals surface area contributed by atoms with E-state index >= 15 is 0 Å². The van der Waals surface area contributed by atoms with Crippen molar-refractivity contribution >= 4 is 17.4 Å². The Labute approximate surface area is 94.0 Å². The second kappa shape index (κ2) is 4.77. The van der Waals surface area contributed by atoms with E-state index in [9.17, 15) is 0 Å². The second-order valence-electron chi connectivity index (χ2n) is 3.78. The smallest absolute Gasteiger partial charge is 0.149 e. The number of nitrogens with one attached hydrogen (secondary N) is 1. The Balaban J connectivity index is 1.95. The Hall–Kier alpha value is -0.870. The first-order valence-corrected chi connectivity index (χ1v) is 5.45. The third-order valence-corrected chi connectivity index (χ3v) is 2.83. The summed E-state index contributed by atoms with van der Waals surface area (Å²) in [5.41, 5.74) is 0.